The number of fused-ring (bicyclic) bond motifs is 1. The lowest BCUT2D eigenvalue weighted by Crippen LogP contribution is -2.30. The molecule has 15 heavy (non-hydrogen) atoms. The van der Waals surface area contributed by atoms with Crippen LogP contribution in [0.25, 0.3) is 0 Å². The predicted octanol–water partition coefficient (Wildman–Crippen LogP) is 2.93. The summed E-state index contributed by atoms with van der Waals surface area (Å²) in [4.78, 5) is 0. The number of nitrogens with one attached hydrogen (secondary N) is 1. The smallest absolute Gasteiger partial charge is 0.0108 e. The summed E-state index contributed by atoms with van der Waals surface area (Å²) in [7, 11) is 0. The Morgan fingerprint density at radius 3 is 2.87 bits per heavy atom. The minimum atomic E-state index is 0.702. The van der Waals surface area contributed by atoms with E-state index in [9.17, 15) is 0 Å². The molecule has 1 heteroatoms. The molecule has 0 bridgehead atoms. The van der Waals surface area contributed by atoms with Gasteiger partial charge < -0.3 is 5.32 Å². The van der Waals surface area contributed by atoms with Gasteiger partial charge in [-0.3, -0.25) is 0 Å². The van der Waals surface area contributed by atoms with Crippen LogP contribution in [0.15, 0.2) is 24.3 Å². The van der Waals surface area contributed by atoms with Crippen molar-refractivity contribution in [1.82, 2.24) is 5.32 Å². The summed E-state index contributed by atoms with van der Waals surface area (Å²) in [5.41, 5.74) is 3.10. The Kier molecular flexibility index (Phi) is 3.79. The van der Waals surface area contributed by atoms with E-state index in [0.29, 0.717) is 6.04 Å². The first-order chi connectivity index (χ1) is 7.40. The largest absolute Gasteiger partial charge is 0.313 e. The molecule has 0 fully saturated rings. The standard InChI is InChI=1S/C14H21N/c1-2-3-8-14-11-13-7-5-4-6-12(13)9-10-15-14/h4-7,14-15H,2-3,8-11H2,1H3/t14-/m1/s1. The van der Waals surface area contributed by atoms with Gasteiger partial charge in [0.1, 0.15) is 0 Å². The van der Waals surface area contributed by atoms with Gasteiger partial charge in [0.05, 0.1) is 0 Å². The normalized spacial score (nSPS) is 20.7. The average Bonchev–Trinajstić information content (AvgIpc) is 2.47. The number of rotatable bonds is 3. The Labute approximate surface area is 92.9 Å². The van der Waals surface area contributed by atoms with Crippen LogP contribution in [0.3, 0.4) is 0 Å². The van der Waals surface area contributed by atoms with Crippen molar-refractivity contribution in [3.63, 3.8) is 0 Å². The van der Waals surface area contributed by atoms with E-state index in [4.69, 9.17) is 0 Å². The Bertz CT molecular complexity index is 304. The van der Waals surface area contributed by atoms with E-state index in [1.54, 1.807) is 11.1 Å². The molecular weight excluding hydrogens is 182 g/mol. The van der Waals surface area contributed by atoms with Gasteiger partial charge >= 0.3 is 0 Å². The zero-order valence-electron chi connectivity index (χ0n) is 9.63. The van der Waals surface area contributed by atoms with Gasteiger partial charge in [-0.15, -0.1) is 0 Å². The fourth-order valence-corrected chi connectivity index (χ4v) is 2.40. The van der Waals surface area contributed by atoms with Crippen molar-refractivity contribution in [3.05, 3.63) is 35.4 Å². The minimum Gasteiger partial charge on any atom is -0.313 e. The molecule has 0 unspecified atom stereocenters. The summed E-state index contributed by atoms with van der Waals surface area (Å²) in [6.45, 7) is 3.41. The molecule has 1 heterocycles. The highest BCUT2D eigenvalue weighted by molar-refractivity contribution is 5.29. The Balaban J connectivity index is 2.04. The third kappa shape index (κ3) is 2.82. The Hall–Kier alpha value is -0.820. The molecule has 2 rings (SSSR count). The molecule has 1 aliphatic rings. The third-order valence-corrected chi connectivity index (χ3v) is 3.32. The Morgan fingerprint density at radius 2 is 2.07 bits per heavy atom. The van der Waals surface area contributed by atoms with Crippen molar-refractivity contribution in [3.8, 4) is 0 Å². The lowest BCUT2D eigenvalue weighted by molar-refractivity contribution is 0.476. The van der Waals surface area contributed by atoms with E-state index in [1.165, 1.54) is 32.1 Å². The van der Waals surface area contributed by atoms with E-state index in [1.807, 2.05) is 0 Å². The van der Waals surface area contributed by atoms with Crippen LogP contribution in [-0.4, -0.2) is 12.6 Å². The lowest BCUT2D eigenvalue weighted by Gasteiger charge is -2.15. The van der Waals surface area contributed by atoms with Crippen molar-refractivity contribution >= 4 is 0 Å². The molecule has 1 N–H and O–H groups in total. The predicted molar refractivity (Wildman–Crippen MR) is 65.2 cm³/mol. The Morgan fingerprint density at radius 1 is 1.27 bits per heavy atom. The molecule has 82 valence electrons. The first-order valence-corrected chi connectivity index (χ1v) is 6.20. The number of unbranched alkanes of at least 4 members (excludes halogenated alkanes) is 1. The second-order valence-corrected chi connectivity index (χ2v) is 4.52. The number of hydrogen-bond donors (Lipinski definition) is 1. The van der Waals surface area contributed by atoms with Gasteiger partial charge in [0.2, 0.25) is 0 Å². The molecule has 0 aliphatic carbocycles. The van der Waals surface area contributed by atoms with Crippen LogP contribution in [0.5, 0.6) is 0 Å². The summed E-state index contributed by atoms with van der Waals surface area (Å²) >= 11 is 0. The van der Waals surface area contributed by atoms with Crippen LogP contribution >= 0.6 is 0 Å². The molecule has 1 aliphatic heterocycles. The summed E-state index contributed by atoms with van der Waals surface area (Å²) in [6, 6.07) is 9.60. The molecule has 0 saturated heterocycles. The van der Waals surface area contributed by atoms with Gasteiger partial charge in [-0.05, 0) is 36.9 Å². The summed E-state index contributed by atoms with van der Waals surface area (Å²) in [5.74, 6) is 0. The molecule has 0 aromatic heterocycles. The molecule has 1 aromatic carbocycles. The van der Waals surface area contributed by atoms with Crippen LogP contribution in [-0.2, 0) is 12.8 Å². The van der Waals surface area contributed by atoms with Crippen LogP contribution in [0, 0.1) is 0 Å². The van der Waals surface area contributed by atoms with E-state index < -0.39 is 0 Å². The SMILES string of the molecule is CCCC[C@@H]1Cc2ccccc2CCN1. The van der Waals surface area contributed by atoms with Crippen molar-refractivity contribution < 1.29 is 0 Å². The number of benzene rings is 1. The molecule has 0 radical (unpaired) electrons. The summed E-state index contributed by atoms with van der Waals surface area (Å²) in [6.07, 6.45) is 6.39. The molecule has 1 nitrogen and oxygen atoms in total. The first kappa shape index (κ1) is 10.7. The lowest BCUT2D eigenvalue weighted by atomic mass is 9.98. The van der Waals surface area contributed by atoms with E-state index in [2.05, 4.69) is 36.5 Å². The maximum atomic E-state index is 3.66. The zero-order valence-corrected chi connectivity index (χ0v) is 9.63. The summed E-state index contributed by atoms with van der Waals surface area (Å²) in [5, 5.41) is 3.66. The maximum Gasteiger partial charge on any atom is 0.0108 e. The first-order valence-electron chi connectivity index (χ1n) is 6.20. The van der Waals surface area contributed by atoms with Gasteiger partial charge in [0, 0.05) is 6.04 Å². The van der Waals surface area contributed by atoms with Crippen molar-refractivity contribution in [2.45, 2.75) is 45.1 Å². The fraction of sp³-hybridized carbons (Fsp3) is 0.571. The minimum absolute atomic E-state index is 0.702. The van der Waals surface area contributed by atoms with E-state index in [-0.39, 0.29) is 0 Å². The third-order valence-electron chi connectivity index (χ3n) is 3.32. The van der Waals surface area contributed by atoms with Crippen LogP contribution in [0.2, 0.25) is 0 Å². The van der Waals surface area contributed by atoms with Crippen LogP contribution in [0.1, 0.15) is 37.3 Å². The van der Waals surface area contributed by atoms with E-state index >= 15 is 0 Å². The molecule has 0 saturated carbocycles. The quantitative estimate of drug-likeness (QED) is 0.796. The highest BCUT2D eigenvalue weighted by Gasteiger charge is 2.14. The number of hydrogen-bond acceptors (Lipinski definition) is 1. The summed E-state index contributed by atoms with van der Waals surface area (Å²) < 4.78 is 0. The second kappa shape index (κ2) is 5.32. The molecule has 0 spiro atoms. The fourth-order valence-electron chi connectivity index (χ4n) is 2.40. The zero-order chi connectivity index (χ0) is 10.5. The maximum absolute atomic E-state index is 3.66. The van der Waals surface area contributed by atoms with Gasteiger partial charge in [0.15, 0.2) is 0 Å². The van der Waals surface area contributed by atoms with Gasteiger partial charge in [-0.2, -0.15) is 0 Å². The topological polar surface area (TPSA) is 12.0 Å². The van der Waals surface area contributed by atoms with Gasteiger partial charge in [-0.1, -0.05) is 44.0 Å². The monoisotopic (exact) mass is 203 g/mol. The van der Waals surface area contributed by atoms with Gasteiger partial charge in [-0.25, -0.2) is 0 Å². The molecule has 1 atom stereocenters. The highest BCUT2D eigenvalue weighted by atomic mass is 14.9. The molecule has 0 amide bonds. The second-order valence-electron chi connectivity index (χ2n) is 4.52. The van der Waals surface area contributed by atoms with E-state index in [0.717, 1.165) is 6.54 Å². The van der Waals surface area contributed by atoms with Gasteiger partial charge in [0.25, 0.3) is 0 Å². The highest BCUT2D eigenvalue weighted by Crippen LogP contribution is 2.17. The van der Waals surface area contributed by atoms with Crippen molar-refractivity contribution in [2.75, 3.05) is 6.54 Å². The van der Waals surface area contributed by atoms with Crippen LogP contribution < -0.4 is 5.32 Å². The van der Waals surface area contributed by atoms with Crippen molar-refractivity contribution in [1.29, 1.82) is 0 Å². The molecule has 1 aromatic rings. The van der Waals surface area contributed by atoms with Crippen LogP contribution in [0.4, 0.5) is 0 Å². The average molecular weight is 203 g/mol. The molecular formula is C14H21N. The van der Waals surface area contributed by atoms with Crippen molar-refractivity contribution in [2.24, 2.45) is 0 Å².